The second kappa shape index (κ2) is 4.43. The zero-order valence-corrected chi connectivity index (χ0v) is 10.2. The first-order valence-electron chi connectivity index (χ1n) is 5.40. The molecule has 0 amide bonds. The van der Waals surface area contributed by atoms with E-state index in [1.165, 1.54) is 43.2 Å². The summed E-state index contributed by atoms with van der Waals surface area (Å²) in [5.41, 5.74) is 2.84. The zero-order chi connectivity index (χ0) is 9.97. The van der Waals surface area contributed by atoms with Gasteiger partial charge >= 0.3 is 0 Å². The Morgan fingerprint density at radius 1 is 1.29 bits per heavy atom. The summed E-state index contributed by atoms with van der Waals surface area (Å²) in [6.45, 7) is 2.17. The minimum atomic E-state index is 0.781. The SMILES string of the molecule is Cc1c(C2CCCCC2)ccnc1Br. The van der Waals surface area contributed by atoms with Crippen LogP contribution in [0.3, 0.4) is 0 Å². The molecule has 0 aliphatic heterocycles. The van der Waals surface area contributed by atoms with Crippen molar-refractivity contribution >= 4 is 15.9 Å². The third-order valence-corrected chi connectivity index (χ3v) is 4.03. The molecule has 0 saturated heterocycles. The quantitative estimate of drug-likeness (QED) is 0.684. The number of rotatable bonds is 1. The molecule has 0 aromatic carbocycles. The van der Waals surface area contributed by atoms with Crippen molar-refractivity contribution in [3.05, 3.63) is 28.0 Å². The summed E-state index contributed by atoms with van der Waals surface area (Å²) in [6, 6.07) is 2.19. The maximum atomic E-state index is 4.25. The smallest absolute Gasteiger partial charge is 0.109 e. The Labute approximate surface area is 94.1 Å². The maximum Gasteiger partial charge on any atom is 0.109 e. The number of nitrogens with zero attached hydrogens (tertiary/aromatic N) is 1. The first-order valence-corrected chi connectivity index (χ1v) is 6.19. The van der Waals surface area contributed by atoms with Crippen LogP contribution in [0.25, 0.3) is 0 Å². The minimum absolute atomic E-state index is 0.781. The van der Waals surface area contributed by atoms with Crippen molar-refractivity contribution in [2.45, 2.75) is 44.9 Å². The molecular weight excluding hydrogens is 238 g/mol. The van der Waals surface area contributed by atoms with Gasteiger partial charge in [-0.25, -0.2) is 4.98 Å². The summed E-state index contributed by atoms with van der Waals surface area (Å²) in [5, 5.41) is 0. The number of pyridine rings is 1. The van der Waals surface area contributed by atoms with Gasteiger partial charge < -0.3 is 0 Å². The standard InChI is InChI=1S/C12H16BrN/c1-9-11(7-8-14-12(9)13)10-5-3-2-4-6-10/h7-8,10H,2-6H2,1H3. The molecule has 0 unspecified atom stereocenters. The minimum Gasteiger partial charge on any atom is -0.249 e. The van der Waals surface area contributed by atoms with Crippen molar-refractivity contribution in [2.24, 2.45) is 0 Å². The molecule has 1 nitrogen and oxygen atoms in total. The highest BCUT2D eigenvalue weighted by molar-refractivity contribution is 9.10. The fourth-order valence-corrected chi connectivity index (χ4v) is 2.73. The van der Waals surface area contributed by atoms with Gasteiger partial charge in [0, 0.05) is 6.20 Å². The molecule has 1 fully saturated rings. The Bertz CT molecular complexity index is 316. The molecule has 1 aliphatic rings. The normalized spacial score (nSPS) is 18.4. The zero-order valence-electron chi connectivity index (χ0n) is 8.59. The number of hydrogen-bond acceptors (Lipinski definition) is 1. The fraction of sp³-hybridized carbons (Fsp3) is 0.583. The maximum absolute atomic E-state index is 4.25. The summed E-state index contributed by atoms with van der Waals surface area (Å²) in [4.78, 5) is 4.25. The molecule has 76 valence electrons. The first kappa shape index (κ1) is 10.2. The van der Waals surface area contributed by atoms with Crippen LogP contribution in [0.15, 0.2) is 16.9 Å². The van der Waals surface area contributed by atoms with Crippen LogP contribution in [-0.4, -0.2) is 4.98 Å². The van der Waals surface area contributed by atoms with Crippen LogP contribution in [-0.2, 0) is 0 Å². The Hall–Kier alpha value is -0.370. The predicted octanol–water partition coefficient (Wildman–Crippen LogP) is 4.20. The van der Waals surface area contributed by atoms with Gasteiger partial charge in [-0.05, 0) is 58.8 Å². The Morgan fingerprint density at radius 2 is 2.00 bits per heavy atom. The molecule has 1 aliphatic carbocycles. The van der Waals surface area contributed by atoms with Gasteiger partial charge in [-0.1, -0.05) is 19.3 Å². The summed E-state index contributed by atoms with van der Waals surface area (Å²) in [7, 11) is 0. The fourth-order valence-electron chi connectivity index (χ4n) is 2.38. The molecule has 0 atom stereocenters. The van der Waals surface area contributed by atoms with E-state index in [-0.39, 0.29) is 0 Å². The summed E-state index contributed by atoms with van der Waals surface area (Å²) in [6.07, 6.45) is 8.84. The molecule has 14 heavy (non-hydrogen) atoms. The Kier molecular flexibility index (Phi) is 3.22. The molecule has 2 heteroatoms. The molecule has 0 radical (unpaired) electrons. The first-order chi connectivity index (χ1) is 6.79. The van der Waals surface area contributed by atoms with Crippen LogP contribution in [0.1, 0.15) is 49.1 Å². The average molecular weight is 254 g/mol. The van der Waals surface area contributed by atoms with Crippen molar-refractivity contribution in [3.63, 3.8) is 0 Å². The van der Waals surface area contributed by atoms with Gasteiger partial charge in [-0.2, -0.15) is 0 Å². The molecule has 1 aromatic rings. The molecule has 2 rings (SSSR count). The lowest BCUT2D eigenvalue weighted by molar-refractivity contribution is 0.442. The molecule has 0 spiro atoms. The van der Waals surface area contributed by atoms with Gasteiger partial charge in [-0.3, -0.25) is 0 Å². The second-order valence-electron chi connectivity index (χ2n) is 4.15. The van der Waals surface area contributed by atoms with E-state index in [0.717, 1.165) is 10.5 Å². The van der Waals surface area contributed by atoms with E-state index < -0.39 is 0 Å². The van der Waals surface area contributed by atoms with E-state index in [1.807, 2.05) is 6.20 Å². The van der Waals surface area contributed by atoms with Crippen molar-refractivity contribution in [3.8, 4) is 0 Å². The van der Waals surface area contributed by atoms with E-state index in [1.54, 1.807) is 0 Å². The predicted molar refractivity (Wildman–Crippen MR) is 62.5 cm³/mol. The van der Waals surface area contributed by atoms with Crippen LogP contribution in [0.2, 0.25) is 0 Å². The van der Waals surface area contributed by atoms with E-state index in [2.05, 4.69) is 33.9 Å². The van der Waals surface area contributed by atoms with Gasteiger partial charge in [0.2, 0.25) is 0 Å². The van der Waals surface area contributed by atoms with Gasteiger partial charge in [0.25, 0.3) is 0 Å². The highest BCUT2D eigenvalue weighted by atomic mass is 79.9. The van der Waals surface area contributed by atoms with Gasteiger partial charge in [0.05, 0.1) is 0 Å². The largest absolute Gasteiger partial charge is 0.249 e. The van der Waals surface area contributed by atoms with Gasteiger partial charge in [0.1, 0.15) is 4.60 Å². The Morgan fingerprint density at radius 3 is 2.71 bits per heavy atom. The van der Waals surface area contributed by atoms with Gasteiger partial charge in [0.15, 0.2) is 0 Å². The number of hydrogen-bond donors (Lipinski definition) is 0. The lowest BCUT2D eigenvalue weighted by Crippen LogP contribution is -2.06. The summed E-state index contributed by atoms with van der Waals surface area (Å²) >= 11 is 3.50. The highest BCUT2D eigenvalue weighted by Crippen LogP contribution is 2.35. The van der Waals surface area contributed by atoms with Crippen molar-refractivity contribution in [1.29, 1.82) is 0 Å². The lowest BCUT2D eigenvalue weighted by atomic mass is 9.83. The van der Waals surface area contributed by atoms with Crippen LogP contribution in [0.4, 0.5) is 0 Å². The molecule has 0 N–H and O–H groups in total. The molecule has 1 saturated carbocycles. The second-order valence-corrected chi connectivity index (χ2v) is 4.90. The van der Waals surface area contributed by atoms with Crippen molar-refractivity contribution in [2.75, 3.05) is 0 Å². The molecule has 0 bridgehead atoms. The third-order valence-electron chi connectivity index (χ3n) is 3.23. The van der Waals surface area contributed by atoms with Crippen molar-refractivity contribution < 1.29 is 0 Å². The molecule has 1 aromatic heterocycles. The average Bonchev–Trinajstić information content (AvgIpc) is 2.23. The Balaban J connectivity index is 2.26. The molecular formula is C12H16BrN. The van der Waals surface area contributed by atoms with Crippen LogP contribution >= 0.6 is 15.9 Å². The number of aromatic nitrogens is 1. The van der Waals surface area contributed by atoms with Gasteiger partial charge in [-0.15, -0.1) is 0 Å². The molecule has 1 heterocycles. The van der Waals surface area contributed by atoms with E-state index in [4.69, 9.17) is 0 Å². The topological polar surface area (TPSA) is 12.9 Å². The van der Waals surface area contributed by atoms with E-state index >= 15 is 0 Å². The van der Waals surface area contributed by atoms with Crippen LogP contribution in [0.5, 0.6) is 0 Å². The highest BCUT2D eigenvalue weighted by Gasteiger charge is 2.17. The summed E-state index contributed by atoms with van der Waals surface area (Å²) < 4.78 is 1.01. The number of halogens is 1. The van der Waals surface area contributed by atoms with E-state index in [0.29, 0.717) is 0 Å². The monoisotopic (exact) mass is 253 g/mol. The summed E-state index contributed by atoms with van der Waals surface area (Å²) in [5.74, 6) is 0.781. The lowest BCUT2D eigenvalue weighted by Gasteiger charge is -2.23. The van der Waals surface area contributed by atoms with Crippen LogP contribution < -0.4 is 0 Å². The van der Waals surface area contributed by atoms with Crippen LogP contribution in [0, 0.1) is 6.92 Å². The van der Waals surface area contributed by atoms with Crippen molar-refractivity contribution in [1.82, 2.24) is 4.98 Å². The van der Waals surface area contributed by atoms with E-state index in [9.17, 15) is 0 Å². The third kappa shape index (κ3) is 2.00.